The van der Waals surface area contributed by atoms with Crippen molar-refractivity contribution in [3.05, 3.63) is 72.3 Å². The van der Waals surface area contributed by atoms with Crippen LogP contribution in [0.25, 0.3) is 0 Å². The second-order valence-corrected chi connectivity index (χ2v) is 9.13. The van der Waals surface area contributed by atoms with Crippen molar-refractivity contribution in [3.63, 3.8) is 0 Å². The lowest BCUT2D eigenvalue weighted by molar-refractivity contribution is 0.162. The van der Waals surface area contributed by atoms with Gasteiger partial charge in [0.25, 0.3) is 0 Å². The first-order valence-corrected chi connectivity index (χ1v) is 12.1. The van der Waals surface area contributed by atoms with Gasteiger partial charge in [-0.15, -0.1) is 0 Å². The number of nitrogens with one attached hydrogen (secondary N) is 1. The molecule has 6 nitrogen and oxygen atoms in total. The second-order valence-electron chi connectivity index (χ2n) is 9.13. The minimum Gasteiger partial charge on any atom is -0.491 e. The van der Waals surface area contributed by atoms with Crippen molar-refractivity contribution in [2.75, 3.05) is 31.6 Å². The number of para-hydroxylation sites is 1. The summed E-state index contributed by atoms with van der Waals surface area (Å²) in [6, 6.07) is 17.5. The van der Waals surface area contributed by atoms with Crippen LogP contribution in [-0.2, 0) is 13.0 Å². The summed E-state index contributed by atoms with van der Waals surface area (Å²) in [5, 5.41) is 0. The molecular weight excluding hydrogens is 412 g/mol. The molecule has 5 rings (SSSR count). The van der Waals surface area contributed by atoms with Gasteiger partial charge >= 0.3 is 0 Å². The summed E-state index contributed by atoms with van der Waals surface area (Å²) >= 11 is 0. The Bertz CT molecular complexity index is 1000. The summed E-state index contributed by atoms with van der Waals surface area (Å²) in [6.07, 6.45) is 9.83. The van der Waals surface area contributed by atoms with Gasteiger partial charge in [0.05, 0.1) is 25.4 Å². The number of hydrogen-bond donors (Lipinski definition) is 1. The molecule has 0 radical (unpaired) electrons. The normalized spacial score (nSPS) is 19.7. The maximum absolute atomic E-state index is 6.37. The number of imidazole rings is 1. The third-order valence-corrected chi connectivity index (χ3v) is 6.93. The van der Waals surface area contributed by atoms with Gasteiger partial charge in [0.2, 0.25) is 0 Å². The molecule has 0 unspecified atom stereocenters. The van der Waals surface area contributed by atoms with Crippen molar-refractivity contribution in [3.8, 4) is 11.5 Å². The lowest BCUT2D eigenvalue weighted by atomic mass is 10.0. The Hall–Kier alpha value is -2.99. The van der Waals surface area contributed by atoms with Crippen LogP contribution in [0.4, 0.5) is 5.69 Å². The maximum Gasteiger partial charge on any atom is 0.184 e. The maximum atomic E-state index is 6.37. The van der Waals surface area contributed by atoms with Crippen LogP contribution in [0, 0.1) is 0 Å². The van der Waals surface area contributed by atoms with Crippen molar-refractivity contribution in [1.29, 1.82) is 0 Å². The van der Waals surface area contributed by atoms with E-state index in [-0.39, 0.29) is 0 Å². The van der Waals surface area contributed by atoms with E-state index >= 15 is 0 Å². The number of H-pyrrole nitrogens is 1. The molecule has 1 atom stereocenters. The molecule has 0 amide bonds. The van der Waals surface area contributed by atoms with Gasteiger partial charge in [-0.25, -0.2) is 4.98 Å². The van der Waals surface area contributed by atoms with E-state index in [0.29, 0.717) is 12.1 Å². The highest BCUT2D eigenvalue weighted by atomic mass is 16.5. The molecule has 174 valence electrons. The zero-order valence-corrected chi connectivity index (χ0v) is 19.5. The number of piperazine rings is 1. The molecule has 6 heteroatoms. The van der Waals surface area contributed by atoms with Gasteiger partial charge in [-0.2, -0.15) is 0 Å². The summed E-state index contributed by atoms with van der Waals surface area (Å²) in [6.45, 7) is 3.67. The van der Waals surface area contributed by atoms with Gasteiger partial charge in [0.15, 0.2) is 11.5 Å². The molecule has 0 bridgehead atoms. The fourth-order valence-electron chi connectivity index (χ4n) is 5.21. The lowest BCUT2D eigenvalue weighted by Gasteiger charge is -2.42. The average molecular weight is 447 g/mol. The van der Waals surface area contributed by atoms with E-state index in [4.69, 9.17) is 9.47 Å². The smallest absolute Gasteiger partial charge is 0.184 e. The Morgan fingerprint density at radius 1 is 1.03 bits per heavy atom. The summed E-state index contributed by atoms with van der Waals surface area (Å²) < 4.78 is 12.3. The largest absolute Gasteiger partial charge is 0.491 e. The zero-order chi connectivity index (χ0) is 22.5. The number of methoxy groups -OCH3 is 1. The Morgan fingerprint density at radius 3 is 2.64 bits per heavy atom. The standard InChI is InChI=1S/C27H34N4O2/c1-32-27-24(12-7-13-25(27)33-23-10-5-6-11-23)31-17-16-30(20-26-28-14-15-29-26)22(19-31)18-21-8-3-2-4-9-21/h2-4,7-9,12-15,22-23H,5-6,10-11,16-20H2,1H3,(H,28,29)/t22-/m0/s1. The number of nitrogens with zero attached hydrogens (tertiary/aromatic N) is 3. The molecule has 1 N–H and O–H groups in total. The fraction of sp³-hybridized carbons (Fsp3) is 0.444. The van der Waals surface area contributed by atoms with Crippen LogP contribution >= 0.6 is 0 Å². The quantitative estimate of drug-likeness (QED) is 0.545. The first kappa shape index (κ1) is 21.8. The number of aromatic amines is 1. The van der Waals surface area contributed by atoms with E-state index in [0.717, 1.165) is 68.5 Å². The van der Waals surface area contributed by atoms with Crippen molar-refractivity contribution >= 4 is 5.69 Å². The van der Waals surface area contributed by atoms with E-state index in [1.807, 2.05) is 12.4 Å². The number of benzene rings is 2. The third-order valence-electron chi connectivity index (χ3n) is 6.93. The summed E-state index contributed by atoms with van der Waals surface area (Å²) in [4.78, 5) is 12.8. The first-order chi connectivity index (χ1) is 16.3. The van der Waals surface area contributed by atoms with E-state index in [9.17, 15) is 0 Å². The number of rotatable bonds is 8. The molecule has 2 heterocycles. The highest BCUT2D eigenvalue weighted by Crippen LogP contribution is 2.40. The van der Waals surface area contributed by atoms with Crippen LogP contribution in [0.2, 0.25) is 0 Å². The molecule has 2 aromatic carbocycles. The van der Waals surface area contributed by atoms with Crippen molar-refractivity contribution < 1.29 is 9.47 Å². The van der Waals surface area contributed by atoms with Crippen LogP contribution in [0.1, 0.15) is 37.1 Å². The highest BCUT2D eigenvalue weighted by molar-refractivity contribution is 5.65. The highest BCUT2D eigenvalue weighted by Gasteiger charge is 2.30. The Kier molecular flexibility index (Phi) is 6.81. The number of aromatic nitrogens is 2. The van der Waals surface area contributed by atoms with Crippen LogP contribution in [0.15, 0.2) is 60.9 Å². The summed E-state index contributed by atoms with van der Waals surface area (Å²) in [7, 11) is 1.76. The third kappa shape index (κ3) is 5.17. The van der Waals surface area contributed by atoms with Crippen molar-refractivity contribution in [2.24, 2.45) is 0 Å². The SMILES string of the molecule is COc1c(OC2CCCC2)cccc1N1CCN(Cc2ncc[nH]2)[C@@H](Cc2ccccc2)C1. The molecule has 3 aromatic rings. The molecular formula is C27H34N4O2. The van der Waals surface area contributed by atoms with Gasteiger partial charge in [0.1, 0.15) is 5.82 Å². The molecule has 2 fully saturated rings. The predicted molar refractivity (Wildman–Crippen MR) is 131 cm³/mol. The van der Waals surface area contributed by atoms with Gasteiger partial charge in [-0.3, -0.25) is 4.90 Å². The summed E-state index contributed by atoms with van der Waals surface area (Å²) in [5.41, 5.74) is 2.49. The van der Waals surface area contributed by atoms with Gasteiger partial charge in [-0.05, 0) is 49.8 Å². The molecule has 1 aliphatic carbocycles. The van der Waals surface area contributed by atoms with Gasteiger partial charge in [0, 0.05) is 38.1 Å². The van der Waals surface area contributed by atoms with Crippen LogP contribution in [-0.4, -0.2) is 53.8 Å². The first-order valence-electron chi connectivity index (χ1n) is 12.1. The molecule has 1 saturated heterocycles. The van der Waals surface area contributed by atoms with Gasteiger partial charge < -0.3 is 19.4 Å². The number of ether oxygens (including phenoxy) is 2. The fourth-order valence-corrected chi connectivity index (χ4v) is 5.21. The summed E-state index contributed by atoms with van der Waals surface area (Å²) in [5.74, 6) is 2.76. The number of hydrogen-bond acceptors (Lipinski definition) is 5. The molecule has 0 spiro atoms. The second kappa shape index (κ2) is 10.3. The topological polar surface area (TPSA) is 53.6 Å². The Labute approximate surface area is 196 Å². The van der Waals surface area contributed by atoms with Crippen LogP contribution in [0.5, 0.6) is 11.5 Å². The van der Waals surface area contributed by atoms with E-state index < -0.39 is 0 Å². The van der Waals surface area contributed by atoms with E-state index in [1.54, 1.807) is 7.11 Å². The monoisotopic (exact) mass is 446 g/mol. The molecule has 1 saturated carbocycles. The molecule has 1 aliphatic heterocycles. The van der Waals surface area contributed by atoms with E-state index in [2.05, 4.69) is 68.3 Å². The van der Waals surface area contributed by atoms with Crippen LogP contribution in [0.3, 0.4) is 0 Å². The average Bonchev–Trinajstić information content (AvgIpc) is 3.55. The molecule has 1 aromatic heterocycles. The van der Waals surface area contributed by atoms with Crippen molar-refractivity contribution in [2.45, 2.75) is 50.8 Å². The zero-order valence-electron chi connectivity index (χ0n) is 19.5. The van der Waals surface area contributed by atoms with Crippen molar-refractivity contribution in [1.82, 2.24) is 14.9 Å². The Balaban J connectivity index is 1.37. The van der Waals surface area contributed by atoms with Crippen LogP contribution < -0.4 is 14.4 Å². The minimum atomic E-state index is 0.310. The minimum absolute atomic E-state index is 0.310. The Morgan fingerprint density at radius 2 is 1.88 bits per heavy atom. The van der Waals surface area contributed by atoms with Gasteiger partial charge in [-0.1, -0.05) is 36.4 Å². The molecule has 2 aliphatic rings. The predicted octanol–water partition coefficient (Wildman–Crippen LogP) is 4.67. The molecule has 33 heavy (non-hydrogen) atoms. The number of anilines is 1. The lowest BCUT2D eigenvalue weighted by Crippen LogP contribution is -2.53. The van der Waals surface area contributed by atoms with E-state index in [1.165, 1.54) is 18.4 Å².